The van der Waals surface area contributed by atoms with E-state index in [-0.39, 0.29) is 11.5 Å². The van der Waals surface area contributed by atoms with Crippen molar-refractivity contribution in [2.75, 3.05) is 3.53 Å². The Morgan fingerprint density at radius 3 is 1.59 bits per heavy atom. The predicted octanol–water partition coefficient (Wildman–Crippen LogP) is 3.38. The van der Waals surface area contributed by atoms with Crippen molar-refractivity contribution in [2.45, 2.75) is 0 Å². The molecule has 110 valence electrons. The van der Waals surface area contributed by atoms with Crippen LogP contribution in [0.3, 0.4) is 0 Å². The number of nitrogens with one attached hydrogen (secondary N) is 1. The van der Waals surface area contributed by atoms with Gasteiger partial charge in [0.1, 0.15) is 11.5 Å². The van der Waals surface area contributed by atoms with Crippen LogP contribution in [0.5, 0.6) is 11.5 Å². The summed E-state index contributed by atoms with van der Waals surface area (Å²) in [4.78, 5) is 12.9. The van der Waals surface area contributed by atoms with Gasteiger partial charge in [0, 0.05) is 0 Å². The van der Waals surface area contributed by atoms with Gasteiger partial charge in [-0.2, -0.15) is 9.97 Å². The zero-order valence-electron chi connectivity index (χ0n) is 11.2. The molecule has 1 heterocycles. The van der Waals surface area contributed by atoms with E-state index in [2.05, 4.69) is 18.5 Å². The fraction of sp³-hybridized carbons (Fsp3) is 0. The third-order valence-corrected chi connectivity index (χ3v) is 3.49. The first-order valence-electron chi connectivity index (χ1n) is 6.38. The molecular formula is C15H11IN4O2. The van der Waals surface area contributed by atoms with Gasteiger partial charge in [0.2, 0.25) is 5.95 Å². The van der Waals surface area contributed by atoms with Crippen LogP contribution in [0.25, 0.3) is 22.8 Å². The molecule has 7 heteroatoms. The Bertz CT molecular complexity index is 762. The van der Waals surface area contributed by atoms with Gasteiger partial charge in [-0.25, -0.2) is 4.98 Å². The Morgan fingerprint density at radius 1 is 0.727 bits per heavy atom. The van der Waals surface area contributed by atoms with E-state index in [1.807, 2.05) is 22.9 Å². The van der Waals surface area contributed by atoms with E-state index < -0.39 is 0 Å². The quantitative estimate of drug-likeness (QED) is 0.457. The minimum Gasteiger partial charge on any atom is -0.507 e. The third-order valence-electron chi connectivity index (χ3n) is 3.01. The lowest BCUT2D eigenvalue weighted by Gasteiger charge is -2.08. The van der Waals surface area contributed by atoms with Gasteiger partial charge in [-0.05, 0) is 24.3 Å². The molecule has 3 aromatic rings. The van der Waals surface area contributed by atoms with E-state index in [1.165, 1.54) is 0 Å². The van der Waals surface area contributed by atoms with Crippen LogP contribution in [0, 0.1) is 0 Å². The lowest BCUT2D eigenvalue weighted by Crippen LogP contribution is -2.00. The van der Waals surface area contributed by atoms with Crippen molar-refractivity contribution in [2.24, 2.45) is 0 Å². The molecular weight excluding hydrogens is 395 g/mol. The van der Waals surface area contributed by atoms with Gasteiger partial charge in [0.15, 0.2) is 11.6 Å². The number of aromatic hydroxyl groups is 2. The average molecular weight is 406 g/mol. The number of rotatable bonds is 3. The molecule has 0 unspecified atom stereocenters. The monoisotopic (exact) mass is 406 g/mol. The van der Waals surface area contributed by atoms with Crippen LogP contribution in [0.2, 0.25) is 0 Å². The SMILES string of the molecule is Oc1ccccc1-c1nc(NI)nc(-c2ccccc2O)n1. The predicted molar refractivity (Wildman–Crippen MR) is 91.7 cm³/mol. The van der Waals surface area contributed by atoms with E-state index in [9.17, 15) is 10.2 Å². The van der Waals surface area contributed by atoms with Crippen molar-refractivity contribution in [3.05, 3.63) is 48.5 Å². The molecule has 0 saturated carbocycles. The summed E-state index contributed by atoms with van der Waals surface area (Å²) in [6.45, 7) is 0. The minimum atomic E-state index is 0.0799. The number of anilines is 1. The van der Waals surface area contributed by atoms with Gasteiger partial charge in [-0.3, -0.25) is 3.53 Å². The zero-order valence-corrected chi connectivity index (χ0v) is 13.4. The first-order valence-corrected chi connectivity index (χ1v) is 7.46. The molecule has 1 aromatic heterocycles. The van der Waals surface area contributed by atoms with Crippen molar-refractivity contribution in [1.29, 1.82) is 0 Å². The van der Waals surface area contributed by atoms with Crippen molar-refractivity contribution >= 4 is 28.8 Å². The smallest absolute Gasteiger partial charge is 0.235 e. The maximum Gasteiger partial charge on any atom is 0.235 e. The highest BCUT2D eigenvalue weighted by molar-refractivity contribution is 14.1. The molecule has 0 amide bonds. The van der Waals surface area contributed by atoms with E-state index in [0.29, 0.717) is 28.7 Å². The normalized spacial score (nSPS) is 10.4. The number of hydrogen-bond donors (Lipinski definition) is 3. The average Bonchev–Trinajstić information content (AvgIpc) is 2.55. The summed E-state index contributed by atoms with van der Waals surface area (Å²) in [6.07, 6.45) is 0. The number of nitrogens with zero attached hydrogens (tertiary/aromatic N) is 3. The summed E-state index contributed by atoms with van der Waals surface area (Å²) in [5.74, 6) is 1.15. The summed E-state index contributed by atoms with van der Waals surface area (Å²) in [7, 11) is 0. The van der Waals surface area contributed by atoms with Crippen molar-refractivity contribution in [3.8, 4) is 34.3 Å². The molecule has 2 aromatic carbocycles. The van der Waals surface area contributed by atoms with Crippen molar-refractivity contribution < 1.29 is 10.2 Å². The van der Waals surface area contributed by atoms with Crippen LogP contribution < -0.4 is 3.53 Å². The first-order chi connectivity index (χ1) is 10.7. The second-order valence-electron chi connectivity index (χ2n) is 4.44. The zero-order chi connectivity index (χ0) is 15.5. The van der Waals surface area contributed by atoms with Gasteiger partial charge in [0.25, 0.3) is 0 Å². The maximum atomic E-state index is 9.97. The summed E-state index contributed by atoms with van der Waals surface area (Å²) in [6, 6.07) is 13.6. The number of para-hydroxylation sites is 2. The molecule has 0 spiro atoms. The minimum absolute atomic E-state index is 0.0799. The second kappa shape index (κ2) is 6.14. The van der Waals surface area contributed by atoms with E-state index in [1.54, 1.807) is 48.5 Å². The molecule has 0 saturated heterocycles. The largest absolute Gasteiger partial charge is 0.507 e. The van der Waals surface area contributed by atoms with Crippen LogP contribution in [0.15, 0.2) is 48.5 Å². The lowest BCUT2D eigenvalue weighted by atomic mass is 10.1. The second-order valence-corrected chi connectivity index (χ2v) is 4.97. The number of aromatic nitrogens is 3. The number of phenolic OH excluding ortho intramolecular Hbond substituents is 2. The highest BCUT2D eigenvalue weighted by Crippen LogP contribution is 2.31. The topological polar surface area (TPSA) is 91.2 Å². The Kier molecular flexibility index (Phi) is 4.05. The summed E-state index contributed by atoms with van der Waals surface area (Å²) in [5, 5.41) is 19.9. The number of benzene rings is 2. The molecule has 0 atom stereocenters. The van der Waals surface area contributed by atoms with Crippen LogP contribution in [0.1, 0.15) is 0 Å². The molecule has 3 rings (SSSR count). The summed E-state index contributed by atoms with van der Waals surface area (Å²) in [5.41, 5.74) is 0.990. The van der Waals surface area contributed by atoms with Gasteiger partial charge in [-0.15, -0.1) is 0 Å². The standard InChI is InChI=1S/C15H11IN4O2/c16-20-15-18-13(9-5-1-3-7-11(9)21)17-14(19-15)10-6-2-4-8-12(10)22/h1-8,21-22H,(H,17,18,19,20). The molecule has 0 aliphatic heterocycles. The van der Waals surface area contributed by atoms with Crippen molar-refractivity contribution in [1.82, 2.24) is 15.0 Å². The summed E-state index contributed by atoms with van der Waals surface area (Å²) < 4.78 is 2.83. The van der Waals surface area contributed by atoms with Crippen LogP contribution in [-0.2, 0) is 0 Å². The Balaban J connectivity index is 2.20. The van der Waals surface area contributed by atoms with Crippen LogP contribution in [-0.4, -0.2) is 25.2 Å². The Morgan fingerprint density at radius 2 is 1.18 bits per heavy atom. The number of hydrogen-bond acceptors (Lipinski definition) is 6. The van der Waals surface area contributed by atoms with Crippen LogP contribution in [0.4, 0.5) is 5.95 Å². The number of phenols is 2. The molecule has 0 fully saturated rings. The molecule has 0 bridgehead atoms. The van der Waals surface area contributed by atoms with E-state index in [0.717, 1.165) is 0 Å². The van der Waals surface area contributed by atoms with Crippen LogP contribution >= 0.6 is 22.9 Å². The van der Waals surface area contributed by atoms with E-state index in [4.69, 9.17) is 0 Å². The first kappa shape index (κ1) is 14.5. The highest BCUT2D eigenvalue weighted by Gasteiger charge is 2.14. The van der Waals surface area contributed by atoms with E-state index >= 15 is 0 Å². The molecule has 3 N–H and O–H groups in total. The van der Waals surface area contributed by atoms with Gasteiger partial charge >= 0.3 is 0 Å². The summed E-state index contributed by atoms with van der Waals surface area (Å²) >= 11 is 1.91. The fourth-order valence-electron chi connectivity index (χ4n) is 1.98. The van der Waals surface area contributed by atoms with Gasteiger partial charge in [0.05, 0.1) is 34.0 Å². The fourth-order valence-corrected chi connectivity index (χ4v) is 2.23. The lowest BCUT2D eigenvalue weighted by molar-refractivity contribution is 0.477. The molecule has 0 aliphatic rings. The van der Waals surface area contributed by atoms with Gasteiger partial charge < -0.3 is 10.2 Å². The molecule has 22 heavy (non-hydrogen) atoms. The maximum absolute atomic E-state index is 9.97. The van der Waals surface area contributed by atoms with Crippen molar-refractivity contribution in [3.63, 3.8) is 0 Å². The molecule has 0 aliphatic carbocycles. The molecule has 0 radical (unpaired) electrons. The van der Waals surface area contributed by atoms with Gasteiger partial charge in [-0.1, -0.05) is 24.3 Å². The third kappa shape index (κ3) is 2.80. The molecule has 6 nitrogen and oxygen atoms in total. The highest BCUT2D eigenvalue weighted by atomic mass is 127. The Labute approximate surface area is 140 Å². The Hall–Kier alpha value is -2.42. The number of halogens is 1.